The molecule has 2 aliphatic rings. The fraction of sp³-hybridized carbons (Fsp3) is 0.909. The molecule has 1 heterocycles. The van der Waals surface area contributed by atoms with E-state index >= 15 is 0 Å². The maximum Gasteiger partial charge on any atom is 0.126 e. The first-order valence-corrected chi connectivity index (χ1v) is 6.54. The third kappa shape index (κ3) is 2.49. The summed E-state index contributed by atoms with van der Waals surface area (Å²) in [6.07, 6.45) is 8.84. The molecule has 2 heteroatoms. The Hall–Kier alpha value is 0.0200. The van der Waals surface area contributed by atoms with Crippen molar-refractivity contribution in [2.24, 2.45) is 11.3 Å². The van der Waals surface area contributed by atoms with Gasteiger partial charge >= 0.3 is 0 Å². The summed E-state index contributed by atoms with van der Waals surface area (Å²) in [4.78, 5) is 11.1. The van der Waals surface area contributed by atoms with Gasteiger partial charge in [-0.25, -0.2) is 0 Å². The lowest BCUT2D eigenvalue weighted by Gasteiger charge is -2.31. The van der Waals surface area contributed by atoms with Gasteiger partial charge in [0.1, 0.15) is 6.29 Å². The summed E-state index contributed by atoms with van der Waals surface area (Å²) in [6.45, 7) is 0. The number of hydrogen-bond donors (Lipinski definition) is 0. The number of hydrogen-bond acceptors (Lipinski definition) is 2. The molecule has 0 radical (unpaired) electrons. The summed E-state index contributed by atoms with van der Waals surface area (Å²) in [5.74, 6) is 3.37. The highest BCUT2D eigenvalue weighted by molar-refractivity contribution is 7.99. The first kappa shape index (κ1) is 9.57. The molecule has 2 rings (SSSR count). The van der Waals surface area contributed by atoms with Crippen LogP contribution in [0.1, 0.15) is 38.5 Å². The van der Waals surface area contributed by atoms with E-state index in [1.807, 2.05) is 11.8 Å². The van der Waals surface area contributed by atoms with Crippen LogP contribution in [-0.2, 0) is 4.79 Å². The Balaban J connectivity index is 1.84. The monoisotopic (exact) mass is 198 g/mol. The fourth-order valence-corrected chi connectivity index (χ4v) is 3.41. The standard InChI is InChI=1S/C11H18OS/c12-9-11(4-3-10-1-2-10)5-7-13-8-6-11/h9-10H,1-8H2. The molecule has 13 heavy (non-hydrogen) atoms. The summed E-state index contributed by atoms with van der Waals surface area (Å²) in [7, 11) is 0. The van der Waals surface area contributed by atoms with Gasteiger partial charge in [-0.1, -0.05) is 12.8 Å². The molecular formula is C11H18OS. The van der Waals surface area contributed by atoms with Crippen LogP contribution in [0.2, 0.25) is 0 Å². The number of rotatable bonds is 4. The van der Waals surface area contributed by atoms with Crippen molar-refractivity contribution < 1.29 is 4.79 Å². The van der Waals surface area contributed by atoms with Crippen LogP contribution in [0.5, 0.6) is 0 Å². The third-order valence-electron chi connectivity index (χ3n) is 3.49. The second-order valence-corrected chi connectivity index (χ2v) is 5.80. The van der Waals surface area contributed by atoms with E-state index < -0.39 is 0 Å². The predicted molar refractivity (Wildman–Crippen MR) is 57.0 cm³/mol. The van der Waals surface area contributed by atoms with Crippen LogP contribution in [0.3, 0.4) is 0 Å². The maximum atomic E-state index is 11.1. The first-order valence-electron chi connectivity index (χ1n) is 5.39. The summed E-state index contributed by atoms with van der Waals surface area (Å²) >= 11 is 2.00. The average Bonchev–Trinajstić information content (AvgIpc) is 3.00. The van der Waals surface area contributed by atoms with Gasteiger partial charge in [0.05, 0.1) is 0 Å². The Morgan fingerprint density at radius 3 is 2.54 bits per heavy atom. The van der Waals surface area contributed by atoms with Crippen LogP contribution >= 0.6 is 11.8 Å². The van der Waals surface area contributed by atoms with Gasteiger partial charge in [0.25, 0.3) is 0 Å². The van der Waals surface area contributed by atoms with Gasteiger partial charge in [0, 0.05) is 5.41 Å². The highest BCUT2D eigenvalue weighted by Crippen LogP contribution is 2.42. The van der Waals surface area contributed by atoms with E-state index in [1.165, 1.54) is 43.5 Å². The molecular weight excluding hydrogens is 180 g/mol. The normalized spacial score (nSPS) is 27.1. The lowest BCUT2D eigenvalue weighted by atomic mass is 9.79. The topological polar surface area (TPSA) is 17.1 Å². The lowest BCUT2D eigenvalue weighted by molar-refractivity contribution is -0.117. The van der Waals surface area contributed by atoms with Crippen LogP contribution in [0.15, 0.2) is 0 Å². The van der Waals surface area contributed by atoms with Crippen molar-refractivity contribution in [2.75, 3.05) is 11.5 Å². The van der Waals surface area contributed by atoms with E-state index in [2.05, 4.69) is 0 Å². The van der Waals surface area contributed by atoms with Crippen molar-refractivity contribution in [3.63, 3.8) is 0 Å². The molecule has 74 valence electrons. The number of thioether (sulfide) groups is 1. The van der Waals surface area contributed by atoms with Crippen molar-refractivity contribution >= 4 is 18.0 Å². The van der Waals surface area contributed by atoms with Crippen LogP contribution in [0.25, 0.3) is 0 Å². The van der Waals surface area contributed by atoms with Crippen molar-refractivity contribution in [3.8, 4) is 0 Å². The highest BCUT2D eigenvalue weighted by atomic mass is 32.2. The van der Waals surface area contributed by atoms with Gasteiger partial charge in [-0.3, -0.25) is 0 Å². The zero-order chi connectivity index (χ0) is 9.15. The molecule has 1 aliphatic heterocycles. The Morgan fingerprint density at radius 1 is 1.31 bits per heavy atom. The molecule has 0 amide bonds. The molecule has 1 saturated carbocycles. The lowest BCUT2D eigenvalue weighted by Crippen LogP contribution is -2.28. The Labute approximate surface area is 84.7 Å². The highest BCUT2D eigenvalue weighted by Gasteiger charge is 2.33. The van der Waals surface area contributed by atoms with Crippen molar-refractivity contribution in [1.29, 1.82) is 0 Å². The molecule has 2 fully saturated rings. The zero-order valence-electron chi connectivity index (χ0n) is 8.13. The van der Waals surface area contributed by atoms with Crippen molar-refractivity contribution in [1.82, 2.24) is 0 Å². The molecule has 1 nitrogen and oxygen atoms in total. The molecule has 0 aromatic carbocycles. The molecule has 0 atom stereocenters. The van der Waals surface area contributed by atoms with Gasteiger partial charge in [-0.15, -0.1) is 0 Å². The second-order valence-electron chi connectivity index (χ2n) is 4.57. The molecule has 0 aromatic rings. The molecule has 1 saturated heterocycles. The van der Waals surface area contributed by atoms with Gasteiger partial charge in [0.2, 0.25) is 0 Å². The summed E-state index contributed by atoms with van der Waals surface area (Å²) in [5.41, 5.74) is 0.0911. The minimum absolute atomic E-state index is 0.0911. The molecule has 1 aliphatic carbocycles. The molecule has 0 spiro atoms. The number of carbonyl (C=O) groups excluding carboxylic acids is 1. The van der Waals surface area contributed by atoms with Gasteiger partial charge in [0.15, 0.2) is 0 Å². The van der Waals surface area contributed by atoms with Gasteiger partial charge in [-0.2, -0.15) is 11.8 Å². The smallest absolute Gasteiger partial charge is 0.126 e. The molecule has 0 unspecified atom stereocenters. The van der Waals surface area contributed by atoms with Crippen LogP contribution in [0.4, 0.5) is 0 Å². The maximum absolute atomic E-state index is 11.1. The summed E-state index contributed by atoms with van der Waals surface area (Å²) < 4.78 is 0. The Bertz CT molecular complexity index is 181. The second kappa shape index (κ2) is 4.04. The van der Waals surface area contributed by atoms with Gasteiger partial charge < -0.3 is 4.79 Å². The summed E-state index contributed by atoms with van der Waals surface area (Å²) in [6, 6.07) is 0. The zero-order valence-corrected chi connectivity index (χ0v) is 8.94. The van der Waals surface area contributed by atoms with Crippen molar-refractivity contribution in [3.05, 3.63) is 0 Å². The molecule has 0 bridgehead atoms. The van der Waals surface area contributed by atoms with E-state index in [9.17, 15) is 4.79 Å². The first-order chi connectivity index (χ1) is 6.35. The van der Waals surface area contributed by atoms with E-state index in [0.29, 0.717) is 0 Å². The minimum atomic E-state index is 0.0911. The largest absolute Gasteiger partial charge is 0.303 e. The van der Waals surface area contributed by atoms with Crippen LogP contribution < -0.4 is 0 Å². The predicted octanol–water partition coefficient (Wildman–Crippen LogP) is 2.89. The number of carbonyl (C=O) groups is 1. The van der Waals surface area contributed by atoms with E-state index in [-0.39, 0.29) is 5.41 Å². The average molecular weight is 198 g/mol. The molecule has 0 N–H and O–H groups in total. The van der Waals surface area contributed by atoms with E-state index in [4.69, 9.17) is 0 Å². The third-order valence-corrected chi connectivity index (χ3v) is 4.47. The minimum Gasteiger partial charge on any atom is -0.303 e. The van der Waals surface area contributed by atoms with Crippen LogP contribution in [-0.4, -0.2) is 17.8 Å². The van der Waals surface area contributed by atoms with Crippen molar-refractivity contribution in [2.45, 2.75) is 38.5 Å². The summed E-state index contributed by atoms with van der Waals surface area (Å²) in [5, 5.41) is 0. The van der Waals surface area contributed by atoms with Crippen LogP contribution in [0, 0.1) is 11.3 Å². The fourth-order valence-electron chi connectivity index (χ4n) is 2.10. The Kier molecular flexibility index (Phi) is 2.97. The van der Waals surface area contributed by atoms with E-state index in [1.54, 1.807) is 0 Å². The van der Waals surface area contributed by atoms with E-state index in [0.717, 1.165) is 18.8 Å². The Morgan fingerprint density at radius 2 is 2.00 bits per heavy atom. The quantitative estimate of drug-likeness (QED) is 0.646. The SMILES string of the molecule is O=CC1(CCC2CC2)CCSCC1. The molecule has 0 aromatic heterocycles. The van der Waals surface area contributed by atoms with Gasteiger partial charge in [-0.05, 0) is 43.1 Å². The number of aldehydes is 1.